The summed E-state index contributed by atoms with van der Waals surface area (Å²) in [6.45, 7) is 3.82. The van der Waals surface area contributed by atoms with Crippen LogP contribution in [0, 0.1) is 0 Å². The van der Waals surface area contributed by atoms with Crippen LogP contribution < -0.4 is 20.7 Å². The van der Waals surface area contributed by atoms with E-state index in [0.717, 1.165) is 12.2 Å². The second-order valence-electron chi connectivity index (χ2n) is 6.08. The maximum Gasteiger partial charge on any atom is 0.394 e. The molecule has 0 bridgehead atoms. The van der Waals surface area contributed by atoms with E-state index in [4.69, 9.17) is 11.6 Å². The first-order chi connectivity index (χ1) is 14.1. The lowest BCUT2D eigenvalue weighted by Crippen LogP contribution is -2.23. The molecule has 30 heavy (non-hydrogen) atoms. The number of aldehydes is 1. The fourth-order valence-corrected chi connectivity index (χ4v) is 2.95. The highest BCUT2D eigenvalue weighted by molar-refractivity contribution is 6.29. The molecule has 1 rings (SSSR count). The van der Waals surface area contributed by atoms with Gasteiger partial charge < -0.3 is 20.7 Å². The summed E-state index contributed by atoms with van der Waals surface area (Å²) in [4.78, 5) is 22.9. The molecule has 1 unspecified atom stereocenters. The van der Waals surface area contributed by atoms with Gasteiger partial charge in [-0.25, -0.2) is 4.39 Å². The van der Waals surface area contributed by atoms with Crippen LogP contribution in [0.15, 0.2) is 41.7 Å². The third kappa shape index (κ3) is 6.93. The highest BCUT2D eigenvalue weighted by Crippen LogP contribution is 2.42. The van der Waals surface area contributed by atoms with Gasteiger partial charge in [-0.15, -0.1) is 0 Å². The smallest absolute Gasteiger partial charge is 0.394 e. The van der Waals surface area contributed by atoms with Crippen molar-refractivity contribution in [3.8, 4) is 5.75 Å². The minimum absolute atomic E-state index is 0.0789. The fraction of sp³-hybridized carbons (Fsp3) is 0.300. The molecule has 0 radical (unpaired) electrons. The molecule has 1 atom stereocenters. The van der Waals surface area contributed by atoms with Gasteiger partial charge in [0.25, 0.3) is 0 Å². The van der Waals surface area contributed by atoms with Crippen LogP contribution in [0.5, 0.6) is 5.75 Å². The van der Waals surface area contributed by atoms with Gasteiger partial charge in [-0.3, -0.25) is 9.59 Å². The van der Waals surface area contributed by atoms with Gasteiger partial charge in [-0.2, -0.15) is 8.78 Å². The number of carbonyl (C=O) groups is 2. The molecule has 3 N–H and O–H groups in total. The Hall–Kier alpha value is -2.78. The van der Waals surface area contributed by atoms with E-state index in [2.05, 4.69) is 27.3 Å². The van der Waals surface area contributed by atoms with Crippen molar-refractivity contribution in [3.05, 3.63) is 52.9 Å². The molecule has 0 saturated heterocycles. The Labute approximate surface area is 177 Å². The lowest BCUT2D eigenvalue weighted by atomic mass is 9.94. The van der Waals surface area contributed by atoms with E-state index >= 15 is 0 Å². The molecule has 10 heteroatoms. The quantitative estimate of drug-likeness (QED) is 0.314. The van der Waals surface area contributed by atoms with Crippen LogP contribution in [0.2, 0.25) is 0 Å². The van der Waals surface area contributed by atoms with Crippen molar-refractivity contribution in [3.63, 3.8) is 0 Å². The number of ether oxygens (including phenoxy) is 1. The molecule has 164 valence electrons. The molecular formula is C20H23ClF3N3O3. The van der Waals surface area contributed by atoms with E-state index in [0.29, 0.717) is 24.5 Å². The summed E-state index contributed by atoms with van der Waals surface area (Å²) >= 11 is 6.19. The summed E-state index contributed by atoms with van der Waals surface area (Å²) in [6.07, 6.45) is 0.710. The number of carbonyl (C=O) groups excluding carboxylic acids is 2. The zero-order chi connectivity index (χ0) is 22.9. The lowest BCUT2D eigenvalue weighted by Gasteiger charge is -2.26. The third-order valence-corrected chi connectivity index (χ3v) is 4.25. The Morgan fingerprint density at radius 3 is 2.47 bits per heavy atom. The summed E-state index contributed by atoms with van der Waals surface area (Å²) in [7, 11) is 3.13. The van der Waals surface area contributed by atoms with Gasteiger partial charge in [0.1, 0.15) is 5.83 Å². The van der Waals surface area contributed by atoms with Crippen molar-refractivity contribution in [2.75, 3.05) is 24.7 Å². The fourth-order valence-electron chi connectivity index (χ4n) is 2.73. The maximum atomic E-state index is 13.4. The van der Waals surface area contributed by atoms with E-state index in [-0.39, 0.29) is 29.1 Å². The number of amides is 1. The largest absolute Gasteiger partial charge is 0.430 e. The van der Waals surface area contributed by atoms with Gasteiger partial charge in [0.05, 0.1) is 5.69 Å². The van der Waals surface area contributed by atoms with Crippen molar-refractivity contribution >= 4 is 35.7 Å². The van der Waals surface area contributed by atoms with Crippen LogP contribution in [0.25, 0.3) is 0 Å². The maximum absolute atomic E-state index is 13.4. The van der Waals surface area contributed by atoms with Crippen LogP contribution >= 0.6 is 11.6 Å². The van der Waals surface area contributed by atoms with Crippen LogP contribution in [0.1, 0.15) is 35.3 Å². The van der Waals surface area contributed by atoms with Gasteiger partial charge in [-0.1, -0.05) is 18.2 Å². The molecule has 0 saturated carbocycles. The highest BCUT2D eigenvalue weighted by atomic mass is 35.5. The first-order valence-electron chi connectivity index (χ1n) is 8.74. The molecule has 0 aliphatic heterocycles. The number of hydrogen-bond acceptors (Lipinski definition) is 5. The number of anilines is 2. The molecule has 1 aromatic carbocycles. The molecule has 1 amide bonds. The number of allylic oxidation sites excluding steroid dienone is 4. The summed E-state index contributed by atoms with van der Waals surface area (Å²) in [5, 5.41) is 8.29. The van der Waals surface area contributed by atoms with Gasteiger partial charge in [-0.05, 0) is 25.3 Å². The van der Waals surface area contributed by atoms with Crippen LogP contribution in [-0.2, 0) is 4.79 Å². The average molecular weight is 446 g/mol. The molecule has 0 spiro atoms. The Kier molecular flexibility index (Phi) is 9.61. The van der Waals surface area contributed by atoms with E-state index in [1.165, 1.54) is 19.2 Å². The van der Waals surface area contributed by atoms with Gasteiger partial charge in [0.15, 0.2) is 12.0 Å². The number of halogens is 4. The first-order valence-corrected chi connectivity index (χ1v) is 9.12. The minimum atomic E-state index is -3.55. The first kappa shape index (κ1) is 25.3. The second-order valence-corrected chi connectivity index (χ2v) is 6.56. The van der Waals surface area contributed by atoms with Crippen LogP contribution in [0.4, 0.5) is 24.5 Å². The second kappa shape index (κ2) is 11.4. The topological polar surface area (TPSA) is 79.5 Å². The molecular weight excluding hydrogens is 423 g/mol. The molecule has 0 aliphatic carbocycles. The van der Waals surface area contributed by atoms with Crippen LogP contribution in [-0.4, -0.2) is 32.9 Å². The van der Waals surface area contributed by atoms with E-state index in [1.807, 2.05) is 0 Å². The molecule has 6 nitrogen and oxygen atoms in total. The standard InChI is InChI=1S/C20H23ClF3N3O3/c1-5-13(22)7-6-12(21)8-15(25-3)18-14(10-28)19(27-11-29)17(9-16(18)26-4)30-20(2,23)24/h5-7,9-11,15,25-26H,1,8H2,2-4H3,(H,27,29)/b12-6+,13-7+. The SMILES string of the molecule is C=C/C(F)=C\C=C(\Cl)CC(NC)c1c(NC)cc(OC(C)(F)F)c(NC=O)c1C=O. The summed E-state index contributed by atoms with van der Waals surface area (Å²) in [6, 6.07) is 0.644. The zero-order valence-corrected chi connectivity index (χ0v) is 17.4. The normalized spacial score (nSPS) is 13.4. The number of hydrogen-bond donors (Lipinski definition) is 3. The Morgan fingerprint density at radius 2 is 2.00 bits per heavy atom. The lowest BCUT2D eigenvalue weighted by molar-refractivity contribution is -0.158. The molecule has 0 aliphatic rings. The monoisotopic (exact) mass is 445 g/mol. The van der Waals surface area contributed by atoms with Crippen molar-refractivity contribution in [2.45, 2.75) is 25.5 Å². The van der Waals surface area contributed by atoms with Gasteiger partial charge in [0.2, 0.25) is 6.41 Å². The van der Waals surface area contributed by atoms with Crippen molar-refractivity contribution in [1.29, 1.82) is 0 Å². The molecule has 1 aromatic rings. The third-order valence-electron chi connectivity index (χ3n) is 3.97. The van der Waals surface area contributed by atoms with E-state index in [9.17, 15) is 22.8 Å². The average Bonchev–Trinajstić information content (AvgIpc) is 2.69. The Balaban J connectivity index is 3.61. The number of benzene rings is 1. The van der Waals surface area contributed by atoms with E-state index in [1.54, 1.807) is 7.05 Å². The van der Waals surface area contributed by atoms with Gasteiger partial charge >= 0.3 is 6.11 Å². The van der Waals surface area contributed by atoms with Crippen molar-refractivity contribution < 1.29 is 27.5 Å². The highest BCUT2D eigenvalue weighted by Gasteiger charge is 2.29. The van der Waals surface area contributed by atoms with Crippen LogP contribution in [0.3, 0.4) is 0 Å². The Morgan fingerprint density at radius 1 is 1.33 bits per heavy atom. The number of alkyl halides is 2. The summed E-state index contributed by atoms with van der Waals surface area (Å²) in [5.74, 6) is -0.976. The minimum Gasteiger partial charge on any atom is -0.430 e. The molecule has 0 heterocycles. The predicted molar refractivity (Wildman–Crippen MR) is 112 cm³/mol. The number of nitrogens with one attached hydrogen (secondary N) is 3. The Bertz CT molecular complexity index is 852. The summed E-state index contributed by atoms with van der Waals surface area (Å²) < 4.78 is 44.8. The van der Waals surface area contributed by atoms with Crippen molar-refractivity contribution in [1.82, 2.24) is 5.32 Å². The molecule has 0 aromatic heterocycles. The van der Waals surface area contributed by atoms with E-state index < -0.39 is 23.7 Å². The zero-order valence-electron chi connectivity index (χ0n) is 16.7. The van der Waals surface area contributed by atoms with Gasteiger partial charge in [0, 0.05) is 54.3 Å². The summed E-state index contributed by atoms with van der Waals surface area (Å²) in [5.41, 5.74) is 0.355. The van der Waals surface area contributed by atoms with Crippen molar-refractivity contribution in [2.24, 2.45) is 0 Å². The number of rotatable bonds is 12. The predicted octanol–water partition coefficient (Wildman–Crippen LogP) is 4.91. The molecule has 0 fully saturated rings.